The van der Waals surface area contributed by atoms with Crippen LogP contribution in [0.5, 0.6) is 0 Å². The molecule has 0 radical (unpaired) electrons. The number of hydrogen-bond donors (Lipinski definition) is 1. The Morgan fingerprint density at radius 2 is 2.25 bits per heavy atom. The Labute approximate surface area is 122 Å². The lowest BCUT2D eigenvalue weighted by Crippen LogP contribution is -2.07. The minimum Gasteiger partial charge on any atom is -0.389 e. The summed E-state index contributed by atoms with van der Waals surface area (Å²) in [6.45, 7) is 0. The summed E-state index contributed by atoms with van der Waals surface area (Å²) in [4.78, 5) is 11.2. The molecule has 104 valence electrons. The zero-order valence-electron chi connectivity index (χ0n) is 11.3. The fraction of sp³-hybridized carbons (Fsp3) is 0.353. The van der Waals surface area contributed by atoms with Crippen LogP contribution in [0.15, 0.2) is 41.8 Å². The topological polar surface area (TPSA) is 37.3 Å². The van der Waals surface area contributed by atoms with E-state index in [0.717, 1.165) is 6.42 Å². The molecule has 1 aromatic heterocycles. The quantitative estimate of drug-likeness (QED) is 0.870. The van der Waals surface area contributed by atoms with Gasteiger partial charge in [-0.3, -0.25) is 4.79 Å². The van der Waals surface area contributed by atoms with Crippen molar-refractivity contribution in [2.45, 2.75) is 31.8 Å². The van der Waals surface area contributed by atoms with Crippen LogP contribution in [0.1, 0.15) is 24.8 Å². The molecular weight excluding hydrogens is 268 g/mol. The normalized spacial score (nSPS) is 21.1. The summed E-state index contributed by atoms with van der Waals surface area (Å²) in [5.74, 6) is 0.675. The number of hydrogen-bond acceptors (Lipinski definition) is 3. The minimum atomic E-state index is -0.469. The maximum atomic E-state index is 11.2. The average molecular weight is 286 g/mol. The fourth-order valence-electron chi connectivity index (χ4n) is 2.78. The third-order valence-corrected chi connectivity index (χ3v) is 4.89. The second-order valence-electron chi connectivity index (χ2n) is 5.46. The lowest BCUT2D eigenvalue weighted by molar-refractivity contribution is -0.117. The summed E-state index contributed by atoms with van der Waals surface area (Å²) < 4.78 is 1.26. The van der Waals surface area contributed by atoms with E-state index in [9.17, 15) is 9.90 Å². The molecule has 0 saturated heterocycles. The van der Waals surface area contributed by atoms with Gasteiger partial charge in [0, 0.05) is 24.0 Å². The number of thiophene rings is 1. The molecular formula is C17H18O2S. The van der Waals surface area contributed by atoms with Gasteiger partial charge in [0.15, 0.2) is 0 Å². The van der Waals surface area contributed by atoms with E-state index in [1.807, 2.05) is 24.3 Å². The number of aliphatic hydroxyl groups excluding tert-OH is 1. The van der Waals surface area contributed by atoms with Gasteiger partial charge >= 0.3 is 0 Å². The molecule has 0 spiro atoms. The van der Waals surface area contributed by atoms with Crippen molar-refractivity contribution in [1.29, 1.82) is 0 Å². The van der Waals surface area contributed by atoms with Gasteiger partial charge in [0.25, 0.3) is 0 Å². The van der Waals surface area contributed by atoms with E-state index in [1.54, 1.807) is 11.3 Å². The van der Waals surface area contributed by atoms with E-state index in [2.05, 4.69) is 17.5 Å². The largest absolute Gasteiger partial charge is 0.389 e. The first-order valence-corrected chi connectivity index (χ1v) is 7.93. The number of Topliss-reactive ketones (excluding diaryl/α,β-unsaturated/α-hetero) is 1. The summed E-state index contributed by atoms with van der Waals surface area (Å²) in [5.41, 5.74) is 1.20. The van der Waals surface area contributed by atoms with Gasteiger partial charge in [-0.15, -0.1) is 11.3 Å². The van der Waals surface area contributed by atoms with Crippen molar-refractivity contribution in [2.75, 3.05) is 0 Å². The van der Waals surface area contributed by atoms with Crippen LogP contribution >= 0.6 is 11.3 Å². The number of ketones is 1. The predicted molar refractivity (Wildman–Crippen MR) is 83.0 cm³/mol. The first-order chi connectivity index (χ1) is 9.72. The van der Waals surface area contributed by atoms with Crippen LogP contribution in [-0.2, 0) is 11.2 Å². The second kappa shape index (κ2) is 5.90. The molecule has 1 aliphatic rings. The zero-order valence-corrected chi connectivity index (χ0v) is 12.1. The standard InChI is InChI=1S/C17H18O2S/c18-14-7-5-12(9-14)6-8-15(19)10-13-11-20-17-4-2-1-3-16(13)17/h1-4,6,8,11-12,15,19H,5,7,9-10H2/b8-6+/t12-,15?/m1/s1. The molecule has 1 N–H and O–H groups in total. The Morgan fingerprint density at radius 1 is 1.40 bits per heavy atom. The highest BCUT2D eigenvalue weighted by Gasteiger charge is 2.19. The Balaban J connectivity index is 1.65. The summed E-state index contributed by atoms with van der Waals surface area (Å²) in [6, 6.07) is 8.28. The number of benzene rings is 1. The van der Waals surface area contributed by atoms with Gasteiger partial charge in [-0.2, -0.15) is 0 Å². The van der Waals surface area contributed by atoms with Crippen molar-refractivity contribution in [3.05, 3.63) is 47.4 Å². The van der Waals surface area contributed by atoms with E-state index < -0.39 is 6.10 Å². The molecule has 1 unspecified atom stereocenters. The van der Waals surface area contributed by atoms with Crippen LogP contribution in [-0.4, -0.2) is 17.0 Å². The molecule has 1 saturated carbocycles. The van der Waals surface area contributed by atoms with Crippen LogP contribution in [0.2, 0.25) is 0 Å². The molecule has 1 aliphatic carbocycles. The van der Waals surface area contributed by atoms with Crippen molar-refractivity contribution in [3.8, 4) is 0 Å². The van der Waals surface area contributed by atoms with Gasteiger partial charge in [-0.1, -0.05) is 30.4 Å². The van der Waals surface area contributed by atoms with Crippen LogP contribution in [0.3, 0.4) is 0 Å². The average Bonchev–Trinajstić information content (AvgIpc) is 3.04. The highest BCUT2D eigenvalue weighted by molar-refractivity contribution is 7.17. The number of carbonyl (C=O) groups is 1. The van der Waals surface area contributed by atoms with Gasteiger partial charge in [-0.25, -0.2) is 0 Å². The molecule has 1 heterocycles. The van der Waals surface area contributed by atoms with Gasteiger partial charge < -0.3 is 5.11 Å². The predicted octanol–water partition coefficient (Wildman–Crippen LogP) is 3.73. The molecule has 2 aromatic rings. The summed E-state index contributed by atoms with van der Waals surface area (Å²) in [7, 11) is 0. The smallest absolute Gasteiger partial charge is 0.133 e. The van der Waals surface area contributed by atoms with E-state index in [1.165, 1.54) is 15.6 Å². The molecule has 1 fully saturated rings. The number of allylic oxidation sites excluding steroid dienone is 1. The van der Waals surface area contributed by atoms with Crippen LogP contribution in [0, 0.1) is 5.92 Å². The van der Waals surface area contributed by atoms with Crippen molar-refractivity contribution < 1.29 is 9.90 Å². The van der Waals surface area contributed by atoms with Gasteiger partial charge in [0.2, 0.25) is 0 Å². The van der Waals surface area contributed by atoms with Crippen LogP contribution in [0.4, 0.5) is 0 Å². The summed E-state index contributed by atoms with van der Waals surface area (Å²) in [5, 5.41) is 13.5. The van der Waals surface area contributed by atoms with E-state index in [0.29, 0.717) is 31.0 Å². The lowest BCUT2D eigenvalue weighted by Gasteiger charge is -2.06. The Morgan fingerprint density at radius 3 is 3.05 bits per heavy atom. The molecule has 2 nitrogen and oxygen atoms in total. The molecule has 2 atom stereocenters. The van der Waals surface area contributed by atoms with Crippen molar-refractivity contribution >= 4 is 27.2 Å². The number of rotatable bonds is 4. The van der Waals surface area contributed by atoms with Crippen molar-refractivity contribution in [3.63, 3.8) is 0 Å². The molecule has 3 heteroatoms. The molecule has 0 aliphatic heterocycles. The number of fused-ring (bicyclic) bond motifs is 1. The highest BCUT2D eigenvalue weighted by Crippen LogP contribution is 2.27. The van der Waals surface area contributed by atoms with Crippen LogP contribution < -0.4 is 0 Å². The van der Waals surface area contributed by atoms with Gasteiger partial charge in [0.1, 0.15) is 5.78 Å². The summed E-state index contributed by atoms with van der Waals surface area (Å²) >= 11 is 1.72. The molecule has 0 amide bonds. The molecule has 1 aromatic carbocycles. The zero-order chi connectivity index (χ0) is 13.9. The molecule has 0 bridgehead atoms. The Hall–Kier alpha value is -1.45. The first kappa shape index (κ1) is 13.5. The molecule has 3 rings (SSSR count). The van der Waals surface area contributed by atoms with Crippen molar-refractivity contribution in [1.82, 2.24) is 0 Å². The van der Waals surface area contributed by atoms with E-state index in [4.69, 9.17) is 0 Å². The SMILES string of the molecule is O=C1CC[C@H](/C=C/C(O)Cc2csc3ccccc23)C1. The first-order valence-electron chi connectivity index (χ1n) is 7.05. The maximum absolute atomic E-state index is 11.2. The Bertz CT molecular complexity index is 641. The minimum absolute atomic E-state index is 0.330. The fourth-order valence-corrected chi connectivity index (χ4v) is 3.75. The third kappa shape index (κ3) is 3.00. The van der Waals surface area contributed by atoms with Gasteiger partial charge in [-0.05, 0) is 34.7 Å². The van der Waals surface area contributed by atoms with E-state index >= 15 is 0 Å². The highest BCUT2D eigenvalue weighted by atomic mass is 32.1. The molecule has 20 heavy (non-hydrogen) atoms. The monoisotopic (exact) mass is 286 g/mol. The van der Waals surface area contributed by atoms with Crippen LogP contribution in [0.25, 0.3) is 10.1 Å². The number of aliphatic hydroxyl groups is 1. The lowest BCUT2D eigenvalue weighted by atomic mass is 10.0. The van der Waals surface area contributed by atoms with Crippen molar-refractivity contribution in [2.24, 2.45) is 5.92 Å². The Kier molecular flexibility index (Phi) is 3.99. The maximum Gasteiger partial charge on any atom is 0.133 e. The van der Waals surface area contributed by atoms with Gasteiger partial charge in [0.05, 0.1) is 6.10 Å². The third-order valence-electron chi connectivity index (χ3n) is 3.88. The number of carbonyl (C=O) groups excluding carboxylic acids is 1. The van der Waals surface area contributed by atoms with E-state index in [-0.39, 0.29) is 0 Å². The second-order valence-corrected chi connectivity index (χ2v) is 6.37. The summed E-state index contributed by atoms with van der Waals surface area (Å²) in [6.07, 6.45) is 6.32.